The standard InChI is InChI=1S/C36H48N2O4/c1-4-6-21-38(32(40)16-12-8-11-15-25-13-9-7-10-14-25)28-18-17-27-29-23-26-30(39)24-31(41-3)34-33(26)36(27,35(28)42-34)19-22-37(29)20-5-2/h5,7,9-10,13-14,24,27-29,35,39H,2,4,6,8,11-12,15-23H2,1,3H3/t27-,28-,29+,35-,36-/m0/s1. The number of piperidine rings is 1. The average molecular weight is 573 g/mol. The summed E-state index contributed by atoms with van der Waals surface area (Å²) in [7, 11) is 1.66. The Balaban J connectivity index is 1.26. The maximum atomic E-state index is 14.0. The predicted octanol–water partition coefficient (Wildman–Crippen LogP) is 6.43. The Labute approximate surface area is 251 Å². The number of methoxy groups -OCH3 is 1. The summed E-state index contributed by atoms with van der Waals surface area (Å²) in [5, 5.41) is 11.2. The normalized spacial score (nSPS) is 27.2. The molecule has 2 aliphatic heterocycles. The van der Waals surface area contributed by atoms with Gasteiger partial charge in [-0.2, -0.15) is 0 Å². The molecule has 42 heavy (non-hydrogen) atoms. The number of carbonyl (C=O) groups is 1. The van der Waals surface area contributed by atoms with Crippen molar-refractivity contribution in [2.24, 2.45) is 5.92 Å². The molecule has 1 saturated carbocycles. The van der Waals surface area contributed by atoms with Crippen molar-refractivity contribution in [3.8, 4) is 17.2 Å². The van der Waals surface area contributed by atoms with E-state index < -0.39 is 0 Å². The Morgan fingerprint density at radius 3 is 2.81 bits per heavy atom. The van der Waals surface area contributed by atoms with Crippen LogP contribution >= 0.6 is 0 Å². The van der Waals surface area contributed by atoms with Crippen molar-refractivity contribution in [2.45, 2.75) is 101 Å². The number of phenols is 1. The summed E-state index contributed by atoms with van der Waals surface area (Å²) < 4.78 is 12.8. The highest BCUT2D eigenvalue weighted by atomic mass is 16.5. The predicted molar refractivity (Wildman–Crippen MR) is 166 cm³/mol. The topological polar surface area (TPSA) is 62.2 Å². The van der Waals surface area contributed by atoms with Crippen LogP contribution in [-0.2, 0) is 23.1 Å². The zero-order valence-corrected chi connectivity index (χ0v) is 25.5. The fraction of sp³-hybridized carbons (Fsp3) is 0.583. The number of hydrogen-bond acceptors (Lipinski definition) is 5. The van der Waals surface area contributed by atoms with E-state index in [-0.39, 0.29) is 23.5 Å². The van der Waals surface area contributed by atoms with Gasteiger partial charge in [-0.05, 0) is 69.4 Å². The molecule has 6 heteroatoms. The SMILES string of the molecule is C=CCN1CC[C@]23c4c5c(O)cc(OC)c4O[C@H]2[C@@H](N(CCCC)C(=O)CCCCCc2ccccc2)CC[C@H]3[C@H]1C5. The number of carbonyl (C=O) groups excluding carboxylic acids is 1. The zero-order valence-electron chi connectivity index (χ0n) is 25.5. The lowest BCUT2D eigenvalue weighted by Crippen LogP contribution is -2.69. The van der Waals surface area contributed by atoms with Crippen LogP contribution in [0.3, 0.4) is 0 Å². The van der Waals surface area contributed by atoms with Crippen molar-refractivity contribution < 1.29 is 19.4 Å². The van der Waals surface area contributed by atoms with E-state index in [9.17, 15) is 9.90 Å². The molecule has 1 saturated heterocycles. The third-order valence-corrected chi connectivity index (χ3v) is 10.7. The van der Waals surface area contributed by atoms with Crippen LogP contribution in [0.15, 0.2) is 49.1 Å². The van der Waals surface area contributed by atoms with Gasteiger partial charge in [0.1, 0.15) is 11.9 Å². The minimum absolute atomic E-state index is 0.0291. The number of aromatic hydroxyl groups is 1. The first-order valence-electron chi connectivity index (χ1n) is 16.3. The van der Waals surface area contributed by atoms with Gasteiger partial charge in [-0.1, -0.05) is 56.2 Å². The van der Waals surface area contributed by atoms with Crippen LogP contribution in [0.4, 0.5) is 0 Å². The lowest BCUT2D eigenvalue weighted by atomic mass is 9.50. The van der Waals surface area contributed by atoms with Crippen molar-refractivity contribution in [1.82, 2.24) is 9.80 Å². The Morgan fingerprint density at radius 1 is 1.21 bits per heavy atom. The van der Waals surface area contributed by atoms with Crippen LogP contribution in [0.1, 0.15) is 81.4 Å². The number of benzene rings is 2. The van der Waals surface area contributed by atoms with Crippen molar-refractivity contribution >= 4 is 5.91 Å². The molecule has 6 rings (SSSR count). The minimum Gasteiger partial charge on any atom is -0.508 e. The first-order valence-corrected chi connectivity index (χ1v) is 16.3. The molecule has 226 valence electrons. The van der Waals surface area contributed by atoms with Crippen LogP contribution in [0, 0.1) is 5.92 Å². The summed E-state index contributed by atoms with van der Waals surface area (Å²) >= 11 is 0. The Kier molecular flexibility index (Phi) is 8.53. The number of rotatable bonds is 13. The molecule has 2 fully saturated rings. The maximum Gasteiger partial charge on any atom is 0.222 e. The van der Waals surface area contributed by atoms with Crippen molar-refractivity contribution in [1.29, 1.82) is 0 Å². The lowest BCUT2D eigenvalue weighted by molar-refractivity contribution is -0.142. The van der Waals surface area contributed by atoms with Crippen LogP contribution in [0.5, 0.6) is 17.2 Å². The summed E-state index contributed by atoms with van der Waals surface area (Å²) in [6, 6.07) is 12.7. The first-order chi connectivity index (χ1) is 20.5. The van der Waals surface area contributed by atoms with Gasteiger partial charge in [0.25, 0.3) is 0 Å². The van der Waals surface area contributed by atoms with E-state index in [1.165, 1.54) is 11.1 Å². The van der Waals surface area contributed by atoms with Crippen molar-refractivity contribution in [3.63, 3.8) is 0 Å². The minimum atomic E-state index is -0.208. The molecule has 4 aliphatic rings. The van der Waals surface area contributed by atoms with Crippen LogP contribution in [0.2, 0.25) is 0 Å². The van der Waals surface area contributed by atoms with Gasteiger partial charge in [0.2, 0.25) is 5.91 Å². The Bertz CT molecular complexity index is 1280. The van der Waals surface area contributed by atoms with E-state index in [0.717, 1.165) is 95.2 Å². The van der Waals surface area contributed by atoms with Gasteiger partial charge >= 0.3 is 0 Å². The third kappa shape index (κ3) is 4.90. The highest BCUT2D eigenvalue weighted by Gasteiger charge is 2.67. The lowest BCUT2D eigenvalue weighted by Gasteiger charge is -2.60. The van der Waals surface area contributed by atoms with Gasteiger partial charge in [-0.15, -0.1) is 6.58 Å². The van der Waals surface area contributed by atoms with E-state index in [1.807, 2.05) is 6.08 Å². The van der Waals surface area contributed by atoms with Gasteiger partial charge < -0.3 is 19.5 Å². The van der Waals surface area contributed by atoms with Gasteiger partial charge in [-0.3, -0.25) is 9.69 Å². The van der Waals surface area contributed by atoms with Crippen LogP contribution in [0.25, 0.3) is 0 Å². The van der Waals surface area contributed by atoms with Crippen molar-refractivity contribution in [2.75, 3.05) is 26.7 Å². The fourth-order valence-corrected chi connectivity index (χ4v) is 8.89. The highest BCUT2D eigenvalue weighted by molar-refractivity contribution is 5.77. The molecule has 0 radical (unpaired) electrons. The summed E-state index contributed by atoms with van der Waals surface area (Å²) in [5.74, 6) is 2.44. The third-order valence-electron chi connectivity index (χ3n) is 10.7. The number of amides is 1. The highest BCUT2D eigenvalue weighted by Crippen LogP contribution is 2.65. The average Bonchev–Trinajstić information content (AvgIpc) is 3.35. The number of aryl methyl sites for hydroxylation is 1. The van der Waals surface area contributed by atoms with Crippen LogP contribution in [-0.4, -0.2) is 65.7 Å². The fourth-order valence-electron chi connectivity index (χ4n) is 8.89. The number of unbranched alkanes of at least 4 members (excludes halogenated alkanes) is 3. The van der Waals surface area contributed by atoms with Gasteiger partial charge in [0, 0.05) is 48.2 Å². The summed E-state index contributed by atoms with van der Waals surface area (Å²) in [4.78, 5) is 18.7. The van der Waals surface area contributed by atoms with Gasteiger partial charge in [-0.25, -0.2) is 0 Å². The molecule has 5 atom stereocenters. The number of likely N-dealkylation sites (tertiary alicyclic amines) is 1. The quantitative estimate of drug-likeness (QED) is 0.222. The summed E-state index contributed by atoms with van der Waals surface area (Å²) in [5.41, 5.74) is 3.36. The molecule has 0 aromatic heterocycles. The first kappa shape index (κ1) is 29.1. The zero-order chi connectivity index (χ0) is 29.3. The Morgan fingerprint density at radius 2 is 2.05 bits per heavy atom. The van der Waals surface area contributed by atoms with Crippen molar-refractivity contribution in [3.05, 3.63) is 65.7 Å². The summed E-state index contributed by atoms with van der Waals surface area (Å²) in [6.07, 6.45) is 12.5. The second-order valence-corrected chi connectivity index (χ2v) is 12.9. The summed E-state index contributed by atoms with van der Waals surface area (Å²) in [6.45, 7) is 8.84. The molecule has 1 N–H and O–H groups in total. The smallest absolute Gasteiger partial charge is 0.222 e. The van der Waals surface area contributed by atoms with E-state index >= 15 is 0 Å². The number of phenolic OH excluding ortho intramolecular Hbond substituents is 1. The van der Waals surface area contributed by atoms with E-state index in [1.54, 1.807) is 13.2 Å². The molecule has 1 amide bonds. The molecule has 2 aromatic carbocycles. The molecule has 2 aliphatic carbocycles. The molecule has 2 aromatic rings. The maximum absolute atomic E-state index is 14.0. The molecule has 1 spiro atoms. The Hall–Kier alpha value is -2.99. The largest absolute Gasteiger partial charge is 0.508 e. The number of nitrogens with zero attached hydrogens (tertiary/aromatic N) is 2. The van der Waals surface area contributed by atoms with Crippen LogP contribution < -0.4 is 9.47 Å². The molecule has 6 nitrogen and oxygen atoms in total. The van der Waals surface area contributed by atoms with E-state index in [2.05, 4.69) is 53.6 Å². The van der Waals surface area contributed by atoms with E-state index in [0.29, 0.717) is 29.9 Å². The van der Waals surface area contributed by atoms with Gasteiger partial charge in [0.05, 0.1) is 13.2 Å². The number of hydrogen-bond donors (Lipinski definition) is 1. The van der Waals surface area contributed by atoms with Gasteiger partial charge in [0.15, 0.2) is 11.5 Å². The number of ether oxygens (including phenoxy) is 2. The molecular weight excluding hydrogens is 524 g/mol. The van der Waals surface area contributed by atoms with E-state index in [4.69, 9.17) is 9.47 Å². The molecule has 2 heterocycles. The second-order valence-electron chi connectivity index (χ2n) is 12.9. The monoisotopic (exact) mass is 572 g/mol. The molecule has 2 bridgehead atoms. The second kappa shape index (κ2) is 12.3. The molecule has 0 unspecified atom stereocenters. The molecular formula is C36H48N2O4.